The third-order valence-corrected chi connectivity index (χ3v) is 5.45. The molecule has 2 aliphatic carbocycles. The number of morpholine rings is 1. The predicted molar refractivity (Wildman–Crippen MR) is 75.9 cm³/mol. The van der Waals surface area contributed by atoms with Crippen molar-refractivity contribution in [3.8, 4) is 0 Å². The number of fused-ring (bicyclic) bond motifs is 2. The number of aliphatic carboxylic acids is 1. The lowest BCUT2D eigenvalue weighted by atomic mass is 9.84. The molecule has 6 heteroatoms. The molecule has 118 valence electrons. The Labute approximate surface area is 124 Å². The zero-order valence-electron chi connectivity index (χ0n) is 12.5. The normalized spacial score (nSPS) is 38.5. The molecule has 0 aromatic rings. The number of carbonyl (C=O) groups is 2. The van der Waals surface area contributed by atoms with E-state index in [0.717, 1.165) is 25.7 Å². The summed E-state index contributed by atoms with van der Waals surface area (Å²) in [6.45, 7) is 3.76. The Bertz CT molecular complexity index is 428. The summed E-state index contributed by atoms with van der Waals surface area (Å²) in [5.74, 6) is -0.596. The first-order valence-electron chi connectivity index (χ1n) is 7.99. The van der Waals surface area contributed by atoms with Gasteiger partial charge in [-0.3, -0.25) is 4.79 Å². The topological polar surface area (TPSA) is 78.9 Å². The van der Waals surface area contributed by atoms with Crippen molar-refractivity contribution in [1.29, 1.82) is 0 Å². The maximum absolute atomic E-state index is 12.5. The SMILES string of the molecule is CCC1COCCN1C(=O)NC1C2CCC(C2)C1C(=O)O. The molecule has 3 aliphatic rings. The second kappa shape index (κ2) is 5.83. The second-order valence-electron chi connectivity index (χ2n) is 6.50. The van der Waals surface area contributed by atoms with Crippen molar-refractivity contribution in [3.05, 3.63) is 0 Å². The largest absolute Gasteiger partial charge is 0.481 e. The Balaban J connectivity index is 1.67. The number of carbonyl (C=O) groups excluding carboxylic acids is 1. The number of hydrogen-bond acceptors (Lipinski definition) is 3. The van der Waals surface area contributed by atoms with Crippen LogP contribution in [0.3, 0.4) is 0 Å². The number of nitrogens with one attached hydrogen (secondary N) is 1. The number of carboxylic acids is 1. The fraction of sp³-hybridized carbons (Fsp3) is 0.867. The van der Waals surface area contributed by atoms with Gasteiger partial charge in [0.25, 0.3) is 0 Å². The average molecular weight is 296 g/mol. The molecule has 0 radical (unpaired) electrons. The predicted octanol–water partition coefficient (Wildman–Crippen LogP) is 1.31. The van der Waals surface area contributed by atoms with Crippen molar-refractivity contribution < 1.29 is 19.4 Å². The molecule has 2 bridgehead atoms. The van der Waals surface area contributed by atoms with Crippen LogP contribution in [0.5, 0.6) is 0 Å². The summed E-state index contributed by atoms with van der Waals surface area (Å²) in [4.78, 5) is 25.8. The highest BCUT2D eigenvalue weighted by atomic mass is 16.5. The number of carboxylic acid groups (broad SMARTS) is 1. The van der Waals surface area contributed by atoms with Crippen molar-refractivity contribution in [2.75, 3.05) is 19.8 Å². The smallest absolute Gasteiger partial charge is 0.318 e. The molecule has 2 N–H and O–H groups in total. The summed E-state index contributed by atoms with van der Waals surface area (Å²) >= 11 is 0. The summed E-state index contributed by atoms with van der Waals surface area (Å²) in [5.41, 5.74) is 0. The molecule has 21 heavy (non-hydrogen) atoms. The summed E-state index contributed by atoms with van der Waals surface area (Å²) in [7, 11) is 0. The van der Waals surface area contributed by atoms with Gasteiger partial charge in [0, 0.05) is 12.6 Å². The van der Waals surface area contributed by atoms with Gasteiger partial charge in [0.1, 0.15) is 0 Å². The summed E-state index contributed by atoms with van der Waals surface area (Å²) in [6, 6.07) is -0.219. The van der Waals surface area contributed by atoms with Crippen LogP contribution in [-0.2, 0) is 9.53 Å². The highest BCUT2D eigenvalue weighted by molar-refractivity contribution is 5.78. The van der Waals surface area contributed by atoms with Gasteiger partial charge in [-0.05, 0) is 37.5 Å². The zero-order chi connectivity index (χ0) is 15.0. The van der Waals surface area contributed by atoms with Crippen LogP contribution < -0.4 is 5.32 Å². The maximum atomic E-state index is 12.5. The average Bonchev–Trinajstić information content (AvgIpc) is 3.08. The quantitative estimate of drug-likeness (QED) is 0.823. The van der Waals surface area contributed by atoms with E-state index >= 15 is 0 Å². The van der Waals surface area contributed by atoms with Crippen LogP contribution in [0.1, 0.15) is 32.6 Å². The Morgan fingerprint density at radius 2 is 2.10 bits per heavy atom. The van der Waals surface area contributed by atoms with Gasteiger partial charge in [-0.2, -0.15) is 0 Å². The van der Waals surface area contributed by atoms with E-state index in [1.807, 2.05) is 11.8 Å². The Morgan fingerprint density at radius 3 is 2.81 bits per heavy atom. The highest BCUT2D eigenvalue weighted by Gasteiger charge is 2.52. The number of rotatable bonds is 3. The summed E-state index contributed by atoms with van der Waals surface area (Å²) in [5, 5.41) is 12.5. The van der Waals surface area contributed by atoms with Crippen LogP contribution in [0.4, 0.5) is 4.79 Å². The molecule has 1 heterocycles. The molecular weight excluding hydrogens is 272 g/mol. The fourth-order valence-electron chi connectivity index (χ4n) is 4.34. The third kappa shape index (κ3) is 2.61. The molecule has 2 amide bonds. The van der Waals surface area contributed by atoms with Gasteiger partial charge in [-0.25, -0.2) is 4.79 Å². The van der Waals surface area contributed by atoms with Crippen LogP contribution in [-0.4, -0.2) is 53.8 Å². The lowest BCUT2D eigenvalue weighted by Crippen LogP contribution is -2.56. The standard InChI is InChI=1S/C15H24N2O4/c1-2-11-8-21-6-5-17(11)15(20)16-13-10-4-3-9(7-10)12(13)14(18)19/h9-13H,2-8H2,1H3,(H,16,20)(H,18,19). The minimum absolute atomic E-state index is 0.0978. The molecule has 3 fully saturated rings. The number of nitrogens with zero attached hydrogens (tertiary/aromatic N) is 1. The van der Waals surface area contributed by atoms with Crippen molar-refractivity contribution in [2.45, 2.75) is 44.7 Å². The number of amides is 2. The second-order valence-corrected chi connectivity index (χ2v) is 6.50. The molecule has 1 saturated heterocycles. The zero-order valence-corrected chi connectivity index (χ0v) is 12.5. The van der Waals surface area contributed by atoms with Gasteiger partial charge in [0.05, 0.1) is 25.2 Å². The van der Waals surface area contributed by atoms with E-state index in [2.05, 4.69) is 5.32 Å². The minimum Gasteiger partial charge on any atom is -0.481 e. The summed E-state index contributed by atoms with van der Waals surface area (Å²) < 4.78 is 5.42. The molecule has 1 aliphatic heterocycles. The highest BCUT2D eigenvalue weighted by Crippen LogP contribution is 2.48. The molecule has 0 spiro atoms. The number of urea groups is 1. The Morgan fingerprint density at radius 1 is 1.33 bits per heavy atom. The first-order chi connectivity index (χ1) is 10.1. The van der Waals surface area contributed by atoms with Crippen molar-refractivity contribution in [2.24, 2.45) is 17.8 Å². The Hall–Kier alpha value is -1.30. The first kappa shape index (κ1) is 14.6. The van der Waals surface area contributed by atoms with Gasteiger partial charge in [0.2, 0.25) is 0 Å². The lowest BCUT2D eigenvalue weighted by Gasteiger charge is -2.37. The van der Waals surface area contributed by atoms with Crippen molar-refractivity contribution >= 4 is 12.0 Å². The first-order valence-corrected chi connectivity index (χ1v) is 7.99. The van der Waals surface area contributed by atoms with E-state index in [0.29, 0.717) is 25.7 Å². The maximum Gasteiger partial charge on any atom is 0.318 e. The van der Waals surface area contributed by atoms with Crippen molar-refractivity contribution in [1.82, 2.24) is 10.2 Å². The lowest BCUT2D eigenvalue weighted by molar-refractivity contribution is -0.144. The van der Waals surface area contributed by atoms with E-state index in [1.54, 1.807) is 0 Å². The van der Waals surface area contributed by atoms with E-state index in [9.17, 15) is 14.7 Å². The van der Waals surface area contributed by atoms with Gasteiger partial charge in [-0.1, -0.05) is 6.92 Å². The molecule has 6 nitrogen and oxygen atoms in total. The van der Waals surface area contributed by atoms with Crippen molar-refractivity contribution in [3.63, 3.8) is 0 Å². The fourth-order valence-corrected chi connectivity index (χ4v) is 4.34. The van der Waals surface area contributed by atoms with Crippen LogP contribution in [0.15, 0.2) is 0 Å². The molecule has 3 rings (SSSR count). The summed E-state index contributed by atoms with van der Waals surface area (Å²) in [6.07, 6.45) is 3.83. The van der Waals surface area contributed by atoms with E-state index in [1.165, 1.54) is 0 Å². The van der Waals surface area contributed by atoms with E-state index in [4.69, 9.17) is 4.74 Å². The van der Waals surface area contributed by atoms with Gasteiger partial charge < -0.3 is 20.1 Å². The molecule has 5 atom stereocenters. The van der Waals surface area contributed by atoms with Crippen LogP contribution >= 0.6 is 0 Å². The van der Waals surface area contributed by atoms with E-state index in [-0.39, 0.29) is 24.0 Å². The molecule has 5 unspecified atom stereocenters. The number of hydrogen-bond donors (Lipinski definition) is 2. The van der Waals surface area contributed by atoms with E-state index < -0.39 is 11.9 Å². The number of ether oxygens (including phenoxy) is 1. The Kier molecular flexibility index (Phi) is 4.06. The van der Waals surface area contributed by atoms with Gasteiger partial charge in [-0.15, -0.1) is 0 Å². The van der Waals surface area contributed by atoms with Crippen LogP contribution in [0, 0.1) is 17.8 Å². The molecule has 0 aromatic carbocycles. The molecular formula is C15H24N2O4. The van der Waals surface area contributed by atoms with Crippen LogP contribution in [0.25, 0.3) is 0 Å². The molecule has 0 aromatic heterocycles. The van der Waals surface area contributed by atoms with Crippen LogP contribution in [0.2, 0.25) is 0 Å². The third-order valence-electron chi connectivity index (χ3n) is 5.45. The molecule has 2 saturated carbocycles. The minimum atomic E-state index is -0.762. The van der Waals surface area contributed by atoms with Gasteiger partial charge >= 0.3 is 12.0 Å². The van der Waals surface area contributed by atoms with Gasteiger partial charge in [0.15, 0.2) is 0 Å². The monoisotopic (exact) mass is 296 g/mol.